The van der Waals surface area contributed by atoms with E-state index in [4.69, 9.17) is 4.74 Å². The minimum absolute atomic E-state index is 0.299. The number of benzene rings is 1. The van der Waals surface area contributed by atoms with Crippen LogP contribution in [-0.4, -0.2) is 5.97 Å². The molecule has 0 atom stereocenters. The molecule has 29 heavy (non-hydrogen) atoms. The van der Waals surface area contributed by atoms with Gasteiger partial charge in [0.15, 0.2) is 0 Å². The van der Waals surface area contributed by atoms with E-state index in [0.717, 1.165) is 36.8 Å². The molecule has 0 bridgehead atoms. The molecule has 0 spiro atoms. The van der Waals surface area contributed by atoms with Crippen molar-refractivity contribution in [2.45, 2.75) is 66.9 Å². The molecular formula is C27H36O2. The molecule has 0 saturated heterocycles. The Morgan fingerprint density at radius 3 is 2.24 bits per heavy atom. The summed E-state index contributed by atoms with van der Waals surface area (Å²) in [6.45, 7) is 10.8. The van der Waals surface area contributed by atoms with Crippen LogP contribution in [-0.2, 0) is 16.1 Å². The Morgan fingerprint density at radius 2 is 1.55 bits per heavy atom. The smallest absolute Gasteiger partial charge is 0.331 e. The maximum atomic E-state index is 11.9. The van der Waals surface area contributed by atoms with Crippen LogP contribution in [0.1, 0.15) is 65.9 Å². The average molecular weight is 392 g/mol. The van der Waals surface area contributed by atoms with Gasteiger partial charge in [0.1, 0.15) is 6.61 Å². The first-order valence-electron chi connectivity index (χ1n) is 10.4. The minimum Gasteiger partial charge on any atom is -0.458 e. The summed E-state index contributed by atoms with van der Waals surface area (Å²) < 4.78 is 5.27. The van der Waals surface area contributed by atoms with Crippen LogP contribution in [0.2, 0.25) is 0 Å². The Hall–Kier alpha value is -2.61. The second kappa shape index (κ2) is 14.4. The van der Waals surface area contributed by atoms with Gasteiger partial charge in [-0.15, -0.1) is 0 Å². The van der Waals surface area contributed by atoms with Gasteiger partial charge in [0, 0.05) is 6.08 Å². The number of esters is 1. The Morgan fingerprint density at radius 1 is 0.897 bits per heavy atom. The highest BCUT2D eigenvalue weighted by Gasteiger charge is 1.99. The summed E-state index contributed by atoms with van der Waals surface area (Å²) in [5.41, 5.74) is 6.04. The summed E-state index contributed by atoms with van der Waals surface area (Å²) in [5.74, 6) is -0.314. The molecule has 0 fully saturated rings. The van der Waals surface area contributed by atoms with Crippen LogP contribution >= 0.6 is 0 Å². The summed E-state index contributed by atoms with van der Waals surface area (Å²) in [5, 5.41) is 0. The first-order valence-corrected chi connectivity index (χ1v) is 10.4. The molecule has 0 unspecified atom stereocenters. The third-order valence-electron chi connectivity index (χ3n) is 4.43. The summed E-state index contributed by atoms with van der Waals surface area (Å²) >= 11 is 0. The molecule has 2 nitrogen and oxygen atoms in total. The number of rotatable bonds is 11. The van der Waals surface area contributed by atoms with Gasteiger partial charge in [-0.05, 0) is 71.4 Å². The SMILES string of the molecule is CC(C)=CCC/C(C)=C/CC/C(C)=C/C=C/C([11CH3])=C/C(=O)OCc1ccccc1. The second-order valence-electron chi connectivity index (χ2n) is 7.76. The van der Waals surface area contributed by atoms with Crippen LogP contribution in [0, 0.1) is 0 Å². The standard InChI is InChI=1S/C27H36O2/c1-22(2)12-9-13-23(3)14-10-15-24(4)16-11-17-25(5)20-27(28)29-21-26-18-7-6-8-19-26/h6-8,11-12,14,16-20H,9-10,13,15,21H2,1-5H3/b17-11+,23-14+,24-16+,25-20+/i5-1. The molecule has 0 aliphatic rings. The predicted molar refractivity (Wildman–Crippen MR) is 125 cm³/mol. The van der Waals surface area contributed by atoms with E-state index in [1.807, 2.05) is 49.4 Å². The Kier molecular flexibility index (Phi) is 12.1. The normalized spacial score (nSPS) is 12.9. The highest BCUT2D eigenvalue weighted by molar-refractivity contribution is 5.83. The molecule has 0 aliphatic carbocycles. The van der Waals surface area contributed by atoms with Crippen molar-refractivity contribution in [3.8, 4) is 0 Å². The fourth-order valence-electron chi connectivity index (χ4n) is 2.69. The van der Waals surface area contributed by atoms with Crippen LogP contribution in [0.25, 0.3) is 0 Å². The molecular weight excluding hydrogens is 355 g/mol. The maximum absolute atomic E-state index is 11.9. The van der Waals surface area contributed by atoms with Crippen molar-refractivity contribution in [1.82, 2.24) is 0 Å². The number of allylic oxidation sites excluding steroid dienone is 9. The van der Waals surface area contributed by atoms with Gasteiger partial charge in [0.25, 0.3) is 0 Å². The van der Waals surface area contributed by atoms with Gasteiger partial charge in [-0.3, -0.25) is 0 Å². The lowest BCUT2D eigenvalue weighted by molar-refractivity contribution is -0.139. The zero-order chi connectivity index (χ0) is 21.5. The maximum Gasteiger partial charge on any atom is 0.331 e. The van der Waals surface area contributed by atoms with Crippen molar-refractivity contribution in [3.05, 3.63) is 94.6 Å². The van der Waals surface area contributed by atoms with Gasteiger partial charge in [-0.2, -0.15) is 0 Å². The molecule has 0 aromatic heterocycles. The van der Waals surface area contributed by atoms with Crippen molar-refractivity contribution in [2.75, 3.05) is 0 Å². The van der Waals surface area contributed by atoms with E-state index in [1.165, 1.54) is 22.8 Å². The molecule has 1 rings (SSSR count). The van der Waals surface area contributed by atoms with E-state index in [-0.39, 0.29) is 5.97 Å². The van der Waals surface area contributed by atoms with Crippen molar-refractivity contribution in [1.29, 1.82) is 0 Å². The van der Waals surface area contributed by atoms with E-state index < -0.39 is 0 Å². The molecule has 156 valence electrons. The zero-order valence-electron chi connectivity index (χ0n) is 18.7. The summed E-state index contributed by atoms with van der Waals surface area (Å²) in [7, 11) is 0. The van der Waals surface area contributed by atoms with E-state index in [1.54, 1.807) is 0 Å². The largest absolute Gasteiger partial charge is 0.458 e. The lowest BCUT2D eigenvalue weighted by Gasteiger charge is -2.02. The molecule has 0 heterocycles. The lowest BCUT2D eigenvalue weighted by atomic mass is 10.0. The van der Waals surface area contributed by atoms with Crippen molar-refractivity contribution < 1.29 is 9.53 Å². The molecule has 0 amide bonds. The molecule has 0 aliphatic heterocycles. The summed E-state index contributed by atoms with van der Waals surface area (Å²) in [4.78, 5) is 11.9. The van der Waals surface area contributed by atoms with Crippen LogP contribution in [0.4, 0.5) is 0 Å². The van der Waals surface area contributed by atoms with Gasteiger partial charge in [-0.1, -0.05) is 77.4 Å². The molecule has 1 aromatic carbocycles. The van der Waals surface area contributed by atoms with Crippen LogP contribution in [0.5, 0.6) is 0 Å². The molecule has 0 saturated carbocycles. The Labute approximate surface area is 177 Å². The second-order valence-corrected chi connectivity index (χ2v) is 7.76. The third-order valence-corrected chi connectivity index (χ3v) is 4.43. The fourth-order valence-corrected chi connectivity index (χ4v) is 2.69. The first-order chi connectivity index (χ1) is 13.9. The number of hydrogen-bond donors (Lipinski definition) is 0. The van der Waals surface area contributed by atoms with Gasteiger partial charge >= 0.3 is 5.97 Å². The first kappa shape index (κ1) is 24.4. The van der Waals surface area contributed by atoms with Gasteiger partial charge in [-0.25, -0.2) is 4.79 Å². The predicted octanol–water partition coefficient (Wildman–Crippen LogP) is 7.65. The van der Waals surface area contributed by atoms with Gasteiger partial charge in [0.05, 0.1) is 0 Å². The van der Waals surface area contributed by atoms with E-state index >= 15 is 0 Å². The number of ether oxygens (including phenoxy) is 1. The van der Waals surface area contributed by atoms with Crippen molar-refractivity contribution in [3.63, 3.8) is 0 Å². The number of hydrogen-bond acceptors (Lipinski definition) is 2. The third kappa shape index (κ3) is 13.2. The molecule has 1 aromatic rings. The average Bonchev–Trinajstić information content (AvgIpc) is 2.67. The van der Waals surface area contributed by atoms with Crippen molar-refractivity contribution >= 4 is 5.97 Å². The van der Waals surface area contributed by atoms with E-state index in [9.17, 15) is 4.79 Å². The van der Waals surface area contributed by atoms with E-state index in [2.05, 4.69) is 45.9 Å². The fraction of sp³-hybridized carbons (Fsp3) is 0.370. The van der Waals surface area contributed by atoms with Gasteiger partial charge in [0.2, 0.25) is 0 Å². The molecule has 2 heteroatoms. The Bertz CT molecular complexity index is 770. The molecule has 0 radical (unpaired) electrons. The summed E-state index contributed by atoms with van der Waals surface area (Å²) in [6, 6.07) is 9.69. The minimum atomic E-state index is -0.314. The molecule has 0 N–H and O–H groups in total. The highest BCUT2D eigenvalue weighted by atomic mass is 16.5. The number of carbonyl (C=O) groups excluding carboxylic acids is 1. The van der Waals surface area contributed by atoms with Gasteiger partial charge < -0.3 is 4.74 Å². The van der Waals surface area contributed by atoms with Crippen LogP contribution in [0.15, 0.2) is 89.1 Å². The topological polar surface area (TPSA) is 26.3 Å². The monoisotopic (exact) mass is 391 g/mol. The highest BCUT2D eigenvalue weighted by Crippen LogP contribution is 2.11. The zero-order valence-corrected chi connectivity index (χ0v) is 18.7. The van der Waals surface area contributed by atoms with Crippen LogP contribution < -0.4 is 0 Å². The summed E-state index contributed by atoms with van der Waals surface area (Å²) in [6.07, 6.45) is 16.6. The quantitative estimate of drug-likeness (QED) is 0.167. The van der Waals surface area contributed by atoms with Crippen molar-refractivity contribution in [2.24, 2.45) is 0 Å². The lowest BCUT2D eigenvalue weighted by Crippen LogP contribution is -2.01. The Balaban J connectivity index is 2.36. The van der Waals surface area contributed by atoms with Crippen LogP contribution in [0.3, 0.4) is 0 Å². The van der Waals surface area contributed by atoms with E-state index in [0.29, 0.717) is 6.61 Å². The number of carbonyl (C=O) groups is 1.